The maximum atomic E-state index is 14.6. The zero-order valence-electron chi connectivity index (χ0n) is 15.6. The standard InChI is InChI=1S/C19H21ClFN3O4S/c20-17-4-3-16(29-17)18(25)22-10-13-11-24(19(26)28-13)12-1-2-15(14(21)9-12)23-5-7-27-8-6-23/h1-3,9,13,17H,4-8,10-11H2,(H,22,25)/t13-,17?/m0/s1. The van der Waals surface area contributed by atoms with Gasteiger partial charge in [-0.25, -0.2) is 9.18 Å². The number of cyclic esters (lactones) is 1. The highest BCUT2D eigenvalue weighted by Crippen LogP contribution is 2.34. The number of nitrogens with zero attached hydrogens (tertiary/aromatic N) is 2. The van der Waals surface area contributed by atoms with Crippen molar-refractivity contribution < 1.29 is 23.5 Å². The van der Waals surface area contributed by atoms with Gasteiger partial charge in [0.25, 0.3) is 5.91 Å². The molecule has 3 heterocycles. The molecule has 0 radical (unpaired) electrons. The maximum Gasteiger partial charge on any atom is 0.414 e. The summed E-state index contributed by atoms with van der Waals surface area (Å²) in [6.07, 6.45) is 1.38. The van der Waals surface area contributed by atoms with E-state index in [2.05, 4.69) is 5.32 Å². The van der Waals surface area contributed by atoms with Crippen molar-refractivity contribution in [2.75, 3.05) is 49.2 Å². The summed E-state index contributed by atoms with van der Waals surface area (Å²) in [6, 6.07) is 4.72. The van der Waals surface area contributed by atoms with Crippen molar-refractivity contribution in [2.45, 2.75) is 17.2 Å². The van der Waals surface area contributed by atoms with E-state index in [0.717, 1.165) is 0 Å². The predicted molar refractivity (Wildman–Crippen MR) is 110 cm³/mol. The lowest BCUT2D eigenvalue weighted by Crippen LogP contribution is -2.37. The number of nitrogens with one attached hydrogen (secondary N) is 1. The van der Waals surface area contributed by atoms with E-state index < -0.39 is 18.0 Å². The molecule has 0 aromatic heterocycles. The molecule has 0 aliphatic carbocycles. The molecular formula is C19H21ClFN3O4S. The highest BCUT2D eigenvalue weighted by molar-refractivity contribution is 8.05. The Hall–Kier alpha value is -1.97. The molecule has 0 spiro atoms. The quantitative estimate of drug-likeness (QED) is 0.708. The van der Waals surface area contributed by atoms with Gasteiger partial charge in [-0.2, -0.15) is 0 Å². The zero-order chi connectivity index (χ0) is 20.4. The normalized spacial score (nSPS) is 24.5. The number of carbonyl (C=O) groups is 2. The van der Waals surface area contributed by atoms with Gasteiger partial charge in [-0.15, -0.1) is 23.4 Å². The summed E-state index contributed by atoms with van der Waals surface area (Å²) in [6.45, 7) is 2.80. The number of rotatable bonds is 5. The van der Waals surface area contributed by atoms with E-state index in [-0.39, 0.29) is 23.7 Å². The number of hydrogen-bond donors (Lipinski definition) is 1. The fourth-order valence-corrected chi connectivity index (χ4v) is 4.65. The Labute approximate surface area is 177 Å². The molecule has 2 amide bonds. The van der Waals surface area contributed by atoms with Gasteiger partial charge in [-0.05, 0) is 24.6 Å². The van der Waals surface area contributed by atoms with Crippen molar-refractivity contribution in [1.29, 1.82) is 0 Å². The highest BCUT2D eigenvalue weighted by atomic mass is 35.5. The number of thioether (sulfide) groups is 1. The summed E-state index contributed by atoms with van der Waals surface area (Å²) in [5.41, 5.74) is 0.922. The van der Waals surface area contributed by atoms with Crippen LogP contribution in [0.25, 0.3) is 0 Å². The fourth-order valence-electron chi connectivity index (χ4n) is 3.44. The van der Waals surface area contributed by atoms with Crippen LogP contribution in [0.3, 0.4) is 0 Å². The van der Waals surface area contributed by atoms with Crippen LogP contribution >= 0.6 is 23.4 Å². The molecule has 3 aliphatic heterocycles. The van der Waals surface area contributed by atoms with E-state index in [1.54, 1.807) is 18.2 Å². The first kappa shape index (κ1) is 20.3. The topological polar surface area (TPSA) is 71.1 Å². The molecule has 1 aromatic rings. The van der Waals surface area contributed by atoms with Crippen LogP contribution in [0.5, 0.6) is 0 Å². The number of ether oxygens (including phenoxy) is 2. The number of allylic oxidation sites excluding steroid dienone is 1. The average Bonchev–Trinajstić information content (AvgIpc) is 3.32. The fraction of sp³-hybridized carbons (Fsp3) is 0.474. The summed E-state index contributed by atoms with van der Waals surface area (Å²) in [7, 11) is 0. The monoisotopic (exact) mass is 441 g/mol. The van der Waals surface area contributed by atoms with Crippen LogP contribution in [-0.4, -0.2) is 62.2 Å². The average molecular weight is 442 g/mol. The first-order valence-electron chi connectivity index (χ1n) is 9.41. The van der Waals surface area contributed by atoms with Crippen LogP contribution in [0.4, 0.5) is 20.6 Å². The van der Waals surface area contributed by atoms with Crippen molar-refractivity contribution in [3.05, 3.63) is 35.0 Å². The van der Waals surface area contributed by atoms with Gasteiger partial charge in [-0.3, -0.25) is 9.69 Å². The molecule has 2 saturated heterocycles. The third-order valence-corrected chi connectivity index (χ3v) is 6.43. The van der Waals surface area contributed by atoms with Gasteiger partial charge in [0.05, 0.1) is 47.3 Å². The summed E-state index contributed by atoms with van der Waals surface area (Å²) >= 11 is 7.28. The van der Waals surface area contributed by atoms with Gasteiger partial charge in [0.1, 0.15) is 11.9 Å². The first-order valence-corrected chi connectivity index (χ1v) is 10.7. The van der Waals surface area contributed by atoms with Crippen LogP contribution in [0.15, 0.2) is 29.2 Å². The third-order valence-electron chi connectivity index (χ3n) is 4.93. The lowest BCUT2D eigenvalue weighted by atomic mass is 10.2. The first-order chi connectivity index (χ1) is 14.0. The van der Waals surface area contributed by atoms with Crippen molar-refractivity contribution in [2.24, 2.45) is 0 Å². The molecule has 0 saturated carbocycles. The van der Waals surface area contributed by atoms with E-state index >= 15 is 0 Å². The second-order valence-electron chi connectivity index (χ2n) is 6.89. The molecular weight excluding hydrogens is 421 g/mol. The minimum atomic E-state index is -0.557. The molecule has 2 fully saturated rings. The Morgan fingerprint density at radius 3 is 2.83 bits per heavy atom. The van der Waals surface area contributed by atoms with E-state index in [9.17, 15) is 14.0 Å². The molecule has 29 heavy (non-hydrogen) atoms. The number of hydrogen-bond acceptors (Lipinski definition) is 6. The minimum absolute atomic E-state index is 0.120. The molecule has 1 unspecified atom stereocenters. The van der Waals surface area contributed by atoms with Crippen molar-refractivity contribution >= 4 is 46.7 Å². The van der Waals surface area contributed by atoms with Crippen molar-refractivity contribution in [1.82, 2.24) is 5.32 Å². The van der Waals surface area contributed by atoms with Gasteiger partial charge in [0, 0.05) is 13.1 Å². The number of benzene rings is 1. The van der Waals surface area contributed by atoms with Crippen molar-refractivity contribution in [3.8, 4) is 0 Å². The zero-order valence-corrected chi connectivity index (χ0v) is 17.2. The Morgan fingerprint density at radius 1 is 1.34 bits per heavy atom. The SMILES string of the molecule is O=C(NC[C@H]1CN(c2ccc(N3CCOCC3)c(F)c2)C(=O)O1)C1=CCC(Cl)S1. The van der Waals surface area contributed by atoms with Crippen molar-refractivity contribution in [3.63, 3.8) is 0 Å². The van der Waals surface area contributed by atoms with Gasteiger partial charge < -0.3 is 19.7 Å². The largest absolute Gasteiger partial charge is 0.442 e. The number of anilines is 2. The summed E-state index contributed by atoms with van der Waals surface area (Å²) in [4.78, 5) is 28.2. The molecule has 0 bridgehead atoms. The van der Waals surface area contributed by atoms with Crippen LogP contribution in [0.1, 0.15) is 6.42 Å². The molecule has 156 valence electrons. The van der Waals surface area contributed by atoms with E-state index in [1.165, 1.54) is 22.7 Å². The second kappa shape index (κ2) is 8.81. The maximum absolute atomic E-state index is 14.6. The van der Waals surface area contributed by atoms with E-state index in [4.69, 9.17) is 21.1 Å². The van der Waals surface area contributed by atoms with Gasteiger partial charge >= 0.3 is 6.09 Å². The molecule has 7 nitrogen and oxygen atoms in total. The molecule has 2 atom stereocenters. The number of amides is 2. The number of alkyl halides is 1. The van der Waals surface area contributed by atoms with Gasteiger partial charge in [0.2, 0.25) is 0 Å². The Balaban J connectivity index is 1.35. The van der Waals surface area contributed by atoms with Crippen LogP contribution in [-0.2, 0) is 14.3 Å². The van der Waals surface area contributed by atoms with Crippen LogP contribution in [0, 0.1) is 5.82 Å². The highest BCUT2D eigenvalue weighted by Gasteiger charge is 2.33. The van der Waals surface area contributed by atoms with E-state index in [0.29, 0.717) is 49.0 Å². The lowest BCUT2D eigenvalue weighted by Gasteiger charge is -2.29. The Bertz CT molecular complexity index is 834. The van der Waals surface area contributed by atoms with Gasteiger partial charge in [0.15, 0.2) is 0 Å². The molecule has 10 heteroatoms. The molecule has 3 aliphatic rings. The number of morpholine rings is 1. The molecule has 1 aromatic carbocycles. The molecule has 4 rings (SSSR count). The third kappa shape index (κ3) is 4.62. The van der Waals surface area contributed by atoms with Gasteiger partial charge in [-0.1, -0.05) is 6.08 Å². The smallest absolute Gasteiger partial charge is 0.414 e. The Morgan fingerprint density at radius 2 is 2.14 bits per heavy atom. The van der Waals surface area contributed by atoms with Crippen LogP contribution < -0.4 is 15.1 Å². The second-order valence-corrected chi connectivity index (χ2v) is 8.92. The number of carbonyl (C=O) groups excluding carboxylic acids is 2. The summed E-state index contributed by atoms with van der Waals surface area (Å²) in [5, 5.41) is 2.76. The van der Waals surface area contributed by atoms with Crippen LogP contribution in [0.2, 0.25) is 0 Å². The Kier molecular flexibility index (Phi) is 6.17. The summed E-state index contributed by atoms with van der Waals surface area (Å²) < 4.78 is 25.1. The molecule has 1 N–H and O–H groups in total. The predicted octanol–water partition coefficient (Wildman–Crippen LogP) is 2.69. The summed E-state index contributed by atoms with van der Waals surface area (Å²) in [5.74, 6) is -0.622. The minimum Gasteiger partial charge on any atom is -0.442 e. The lowest BCUT2D eigenvalue weighted by molar-refractivity contribution is -0.117. The number of halogens is 2. The van der Waals surface area contributed by atoms with E-state index in [1.807, 2.05) is 4.90 Å².